The molecule has 0 radical (unpaired) electrons. The van der Waals surface area contributed by atoms with E-state index in [1.54, 1.807) is 6.08 Å². The minimum Gasteiger partial charge on any atom is -0.465 e. The Hall–Kier alpha value is -1.91. The molecular formula is C14H13F2NO2. The van der Waals surface area contributed by atoms with Crippen molar-refractivity contribution >= 4 is 12.2 Å². The molecule has 1 N–H and O–H groups in total. The Balaban J connectivity index is 1.68. The molecule has 1 heterocycles. The van der Waals surface area contributed by atoms with Crippen molar-refractivity contribution in [1.82, 2.24) is 4.90 Å². The summed E-state index contributed by atoms with van der Waals surface area (Å²) in [4.78, 5) is 12.0. The second-order valence-corrected chi connectivity index (χ2v) is 5.43. The molecule has 2 aliphatic rings. The van der Waals surface area contributed by atoms with Gasteiger partial charge in [-0.3, -0.25) is 0 Å². The van der Waals surface area contributed by atoms with E-state index >= 15 is 0 Å². The molecule has 100 valence electrons. The van der Waals surface area contributed by atoms with Crippen molar-refractivity contribution in [3.8, 4) is 0 Å². The standard InChI is InChI=1S/C14H13F2NO2/c15-11-2-1-3-12(16)10(11)4-9-5-14(6-9)7-17(8-14)13(18)19/h1-4H,5-8H2,(H,18,19). The number of allylic oxidation sites excluding steroid dienone is 1. The molecule has 2 fully saturated rings. The van der Waals surface area contributed by atoms with Gasteiger partial charge >= 0.3 is 6.09 Å². The predicted molar refractivity (Wildman–Crippen MR) is 65.6 cm³/mol. The van der Waals surface area contributed by atoms with Gasteiger partial charge in [0.1, 0.15) is 11.6 Å². The summed E-state index contributed by atoms with van der Waals surface area (Å²) in [7, 11) is 0. The van der Waals surface area contributed by atoms with Gasteiger partial charge in [-0.15, -0.1) is 0 Å². The first-order chi connectivity index (χ1) is 8.99. The zero-order valence-electron chi connectivity index (χ0n) is 10.2. The molecule has 1 saturated carbocycles. The van der Waals surface area contributed by atoms with E-state index in [4.69, 9.17) is 5.11 Å². The summed E-state index contributed by atoms with van der Waals surface area (Å²) in [6.07, 6.45) is 2.11. The van der Waals surface area contributed by atoms with Gasteiger partial charge in [-0.05, 0) is 31.1 Å². The Bertz CT molecular complexity index is 547. The Morgan fingerprint density at radius 1 is 1.26 bits per heavy atom. The van der Waals surface area contributed by atoms with E-state index in [0.717, 1.165) is 18.4 Å². The Morgan fingerprint density at radius 2 is 1.84 bits per heavy atom. The van der Waals surface area contributed by atoms with Gasteiger partial charge in [-0.1, -0.05) is 11.6 Å². The topological polar surface area (TPSA) is 40.5 Å². The number of hydrogen-bond acceptors (Lipinski definition) is 1. The van der Waals surface area contributed by atoms with Gasteiger partial charge in [0.25, 0.3) is 0 Å². The summed E-state index contributed by atoms with van der Waals surface area (Å²) in [5.74, 6) is -1.12. The smallest absolute Gasteiger partial charge is 0.407 e. The van der Waals surface area contributed by atoms with E-state index in [2.05, 4.69) is 0 Å². The van der Waals surface area contributed by atoms with Gasteiger partial charge in [0.05, 0.1) is 0 Å². The number of hydrogen-bond donors (Lipinski definition) is 1. The molecule has 1 aliphatic heterocycles. The van der Waals surface area contributed by atoms with Gasteiger partial charge < -0.3 is 10.0 Å². The van der Waals surface area contributed by atoms with Gasteiger partial charge in [0.2, 0.25) is 0 Å². The highest BCUT2D eigenvalue weighted by molar-refractivity contribution is 5.67. The highest BCUT2D eigenvalue weighted by Gasteiger charge is 2.51. The molecule has 0 bridgehead atoms. The summed E-state index contributed by atoms with van der Waals surface area (Å²) < 4.78 is 26.9. The van der Waals surface area contributed by atoms with Crippen molar-refractivity contribution in [2.24, 2.45) is 5.41 Å². The van der Waals surface area contributed by atoms with Crippen molar-refractivity contribution in [3.05, 3.63) is 41.0 Å². The van der Waals surface area contributed by atoms with Gasteiger partial charge in [-0.25, -0.2) is 13.6 Å². The third-order valence-electron chi connectivity index (χ3n) is 3.88. The molecule has 1 amide bonds. The maximum atomic E-state index is 13.5. The number of amides is 1. The lowest BCUT2D eigenvalue weighted by Gasteiger charge is -2.55. The first-order valence-corrected chi connectivity index (χ1v) is 6.10. The van der Waals surface area contributed by atoms with E-state index in [0.29, 0.717) is 13.1 Å². The zero-order valence-corrected chi connectivity index (χ0v) is 10.2. The molecule has 3 nitrogen and oxygen atoms in total. The average Bonchev–Trinajstić information content (AvgIpc) is 2.22. The van der Waals surface area contributed by atoms with Crippen LogP contribution in [0.5, 0.6) is 0 Å². The van der Waals surface area contributed by atoms with Crippen molar-refractivity contribution in [1.29, 1.82) is 0 Å². The van der Waals surface area contributed by atoms with Crippen LogP contribution in [0.2, 0.25) is 0 Å². The molecule has 19 heavy (non-hydrogen) atoms. The molecule has 1 spiro atoms. The van der Waals surface area contributed by atoms with Crippen LogP contribution in [0.3, 0.4) is 0 Å². The number of likely N-dealkylation sites (tertiary alicyclic amines) is 1. The summed E-state index contributed by atoms with van der Waals surface area (Å²) in [6, 6.07) is 3.81. The third-order valence-corrected chi connectivity index (χ3v) is 3.88. The monoisotopic (exact) mass is 265 g/mol. The minimum atomic E-state index is -0.900. The van der Waals surface area contributed by atoms with Crippen molar-refractivity contribution in [2.45, 2.75) is 12.8 Å². The summed E-state index contributed by atoms with van der Waals surface area (Å²) in [5.41, 5.74) is 1.00. The molecule has 3 rings (SSSR count). The average molecular weight is 265 g/mol. The van der Waals surface area contributed by atoms with Crippen LogP contribution in [0.25, 0.3) is 6.08 Å². The van der Waals surface area contributed by atoms with Gasteiger partial charge in [0, 0.05) is 24.1 Å². The summed E-state index contributed by atoms with van der Waals surface area (Å²) >= 11 is 0. The molecular weight excluding hydrogens is 252 g/mol. The van der Waals surface area contributed by atoms with Crippen LogP contribution in [0.1, 0.15) is 18.4 Å². The SMILES string of the molecule is O=C(O)N1CC2(CC(=Cc3c(F)cccc3F)C2)C1. The first kappa shape index (κ1) is 12.1. The van der Waals surface area contributed by atoms with E-state index < -0.39 is 17.7 Å². The quantitative estimate of drug-likeness (QED) is 0.847. The van der Waals surface area contributed by atoms with Gasteiger partial charge in [-0.2, -0.15) is 0 Å². The second kappa shape index (κ2) is 4.05. The van der Waals surface area contributed by atoms with Crippen LogP contribution in [0.15, 0.2) is 23.8 Å². The highest BCUT2D eigenvalue weighted by Crippen LogP contribution is 2.52. The first-order valence-electron chi connectivity index (χ1n) is 6.10. The molecule has 5 heteroatoms. The number of benzene rings is 1. The molecule has 0 aromatic heterocycles. The maximum absolute atomic E-state index is 13.5. The molecule has 0 atom stereocenters. The second-order valence-electron chi connectivity index (χ2n) is 5.43. The summed E-state index contributed by atoms with van der Waals surface area (Å²) in [5, 5.41) is 8.77. The van der Waals surface area contributed by atoms with Crippen LogP contribution >= 0.6 is 0 Å². The summed E-state index contributed by atoms with van der Waals surface area (Å²) in [6.45, 7) is 1.05. The lowest BCUT2D eigenvalue weighted by atomic mass is 9.60. The predicted octanol–water partition coefficient (Wildman–Crippen LogP) is 3.12. The third kappa shape index (κ3) is 1.99. The van der Waals surface area contributed by atoms with Crippen LogP contribution < -0.4 is 0 Å². The van der Waals surface area contributed by atoms with Crippen molar-refractivity contribution < 1.29 is 18.7 Å². The molecule has 1 aliphatic carbocycles. The Morgan fingerprint density at radius 3 is 2.37 bits per heavy atom. The Kier molecular flexibility index (Phi) is 2.59. The maximum Gasteiger partial charge on any atom is 0.407 e. The van der Waals surface area contributed by atoms with Crippen LogP contribution in [-0.4, -0.2) is 29.2 Å². The number of halogens is 2. The fourth-order valence-electron chi connectivity index (χ4n) is 2.99. The van der Waals surface area contributed by atoms with Crippen molar-refractivity contribution in [2.75, 3.05) is 13.1 Å². The van der Waals surface area contributed by atoms with Crippen LogP contribution in [0, 0.1) is 17.0 Å². The fourth-order valence-corrected chi connectivity index (χ4v) is 2.99. The van der Waals surface area contributed by atoms with E-state index in [1.807, 2.05) is 0 Å². The molecule has 1 saturated heterocycles. The number of carbonyl (C=O) groups is 1. The number of rotatable bonds is 1. The molecule has 0 unspecified atom stereocenters. The largest absolute Gasteiger partial charge is 0.465 e. The van der Waals surface area contributed by atoms with E-state index in [1.165, 1.54) is 23.1 Å². The normalized spacial score (nSPS) is 19.9. The lowest BCUT2D eigenvalue weighted by Crippen LogP contribution is -2.61. The number of nitrogens with zero attached hydrogens (tertiary/aromatic N) is 1. The van der Waals surface area contributed by atoms with Gasteiger partial charge in [0.15, 0.2) is 0 Å². The van der Waals surface area contributed by atoms with E-state index in [9.17, 15) is 13.6 Å². The zero-order chi connectivity index (χ0) is 13.6. The minimum absolute atomic E-state index is 0.00163. The van der Waals surface area contributed by atoms with Crippen molar-refractivity contribution in [3.63, 3.8) is 0 Å². The molecule has 1 aromatic rings. The van der Waals surface area contributed by atoms with E-state index in [-0.39, 0.29) is 11.0 Å². The fraction of sp³-hybridized carbons (Fsp3) is 0.357. The number of carboxylic acid groups (broad SMARTS) is 1. The Labute approximate surface area is 109 Å². The highest BCUT2D eigenvalue weighted by atomic mass is 19.1. The lowest BCUT2D eigenvalue weighted by molar-refractivity contribution is -0.0162. The molecule has 1 aromatic carbocycles. The van der Waals surface area contributed by atoms with Crippen LogP contribution in [-0.2, 0) is 0 Å². The van der Waals surface area contributed by atoms with Crippen LogP contribution in [0.4, 0.5) is 13.6 Å².